The summed E-state index contributed by atoms with van der Waals surface area (Å²) < 4.78 is 16.3. The minimum absolute atomic E-state index is 0.0504. The van der Waals surface area contributed by atoms with E-state index in [2.05, 4.69) is 16.7 Å². The molecule has 26 heavy (non-hydrogen) atoms. The van der Waals surface area contributed by atoms with Crippen LogP contribution in [0.4, 0.5) is 11.4 Å². The fraction of sp³-hybridized carbons (Fsp3) is 0.667. The summed E-state index contributed by atoms with van der Waals surface area (Å²) in [6.07, 6.45) is 0. The van der Waals surface area contributed by atoms with Gasteiger partial charge in [0.05, 0.1) is 30.8 Å². The fourth-order valence-corrected chi connectivity index (χ4v) is 3.23. The first-order valence-electron chi connectivity index (χ1n) is 9.07. The number of hydrogen-bond acceptors (Lipinski definition) is 7. The van der Waals surface area contributed by atoms with Gasteiger partial charge in [-0.3, -0.25) is 15.0 Å². The minimum atomic E-state index is -0.352. The Morgan fingerprint density at radius 1 is 1.19 bits per heavy atom. The molecule has 1 aromatic rings. The third-order valence-corrected chi connectivity index (χ3v) is 4.53. The minimum Gasteiger partial charge on any atom is -0.490 e. The Bertz CT molecular complexity index is 611. The Morgan fingerprint density at radius 2 is 1.85 bits per heavy atom. The Hall–Kier alpha value is -2.06. The maximum absolute atomic E-state index is 11.6. The lowest BCUT2D eigenvalue weighted by molar-refractivity contribution is -0.384. The zero-order valence-corrected chi connectivity index (χ0v) is 16.1. The number of benzene rings is 1. The number of piperazine rings is 1. The fourth-order valence-electron chi connectivity index (χ4n) is 3.23. The highest BCUT2D eigenvalue weighted by Crippen LogP contribution is 2.40. The number of nitro groups is 1. The van der Waals surface area contributed by atoms with Crippen LogP contribution in [-0.2, 0) is 4.74 Å². The molecule has 8 nitrogen and oxygen atoms in total. The van der Waals surface area contributed by atoms with E-state index in [4.69, 9.17) is 14.2 Å². The van der Waals surface area contributed by atoms with Gasteiger partial charge < -0.3 is 19.1 Å². The van der Waals surface area contributed by atoms with E-state index in [0.717, 1.165) is 13.1 Å². The monoisotopic (exact) mass is 367 g/mol. The zero-order chi connectivity index (χ0) is 19.1. The number of nitrogens with zero attached hydrogens (tertiary/aromatic N) is 3. The zero-order valence-electron chi connectivity index (χ0n) is 16.1. The maximum Gasteiger partial charge on any atom is 0.296 e. The number of anilines is 1. The number of ether oxygens (including phenoxy) is 3. The van der Waals surface area contributed by atoms with Crippen molar-refractivity contribution in [2.24, 2.45) is 0 Å². The molecule has 0 aromatic heterocycles. The highest BCUT2D eigenvalue weighted by Gasteiger charge is 2.29. The molecule has 2 rings (SSSR count). The number of rotatable bonds is 9. The lowest BCUT2D eigenvalue weighted by Gasteiger charge is -2.40. The first-order chi connectivity index (χ1) is 12.5. The summed E-state index contributed by atoms with van der Waals surface area (Å²) in [5, 5.41) is 11.6. The molecule has 1 aliphatic rings. The lowest BCUT2D eigenvalue weighted by Crippen LogP contribution is -2.52. The molecule has 1 heterocycles. The SMILES string of the molecule is CCOc1cc(N2CCN(CCOC)[C@H](C)C2)c([N+](=O)[O-])cc1OCC. The van der Waals surface area contributed by atoms with E-state index in [1.807, 2.05) is 13.8 Å². The van der Waals surface area contributed by atoms with Crippen molar-refractivity contribution in [3.05, 3.63) is 22.2 Å². The normalized spacial score (nSPS) is 18.0. The highest BCUT2D eigenvalue weighted by atomic mass is 16.6. The van der Waals surface area contributed by atoms with Crippen LogP contribution in [0, 0.1) is 10.1 Å². The predicted molar refractivity (Wildman–Crippen MR) is 101 cm³/mol. The molecular weight excluding hydrogens is 338 g/mol. The molecule has 146 valence electrons. The Kier molecular flexibility index (Phi) is 7.47. The second-order valence-corrected chi connectivity index (χ2v) is 6.23. The maximum atomic E-state index is 11.6. The molecule has 0 unspecified atom stereocenters. The van der Waals surface area contributed by atoms with E-state index < -0.39 is 0 Å². The standard InChI is InChI=1S/C18H29N3O5/c1-5-25-17-11-15(16(21(22)23)12-18(17)26-6-2)20-8-7-19(9-10-24-4)14(3)13-20/h11-12,14H,5-10,13H2,1-4H3/t14-/m1/s1. The molecule has 0 saturated carbocycles. The van der Waals surface area contributed by atoms with Crippen molar-refractivity contribution in [2.45, 2.75) is 26.8 Å². The van der Waals surface area contributed by atoms with Gasteiger partial charge in [-0.05, 0) is 20.8 Å². The van der Waals surface area contributed by atoms with Gasteiger partial charge in [0.2, 0.25) is 0 Å². The van der Waals surface area contributed by atoms with Crippen molar-refractivity contribution in [3.8, 4) is 11.5 Å². The van der Waals surface area contributed by atoms with E-state index in [0.29, 0.717) is 50.1 Å². The molecule has 0 bridgehead atoms. The first kappa shape index (κ1) is 20.3. The van der Waals surface area contributed by atoms with Crippen molar-refractivity contribution in [3.63, 3.8) is 0 Å². The summed E-state index contributed by atoms with van der Waals surface area (Å²) in [5.41, 5.74) is 0.634. The van der Waals surface area contributed by atoms with E-state index in [1.54, 1.807) is 13.2 Å². The van der Waals surface area contributed by atoms with Crippen LogP contribution >= 0.6 is 0 Å². The van der Waals surface area contributed by atoms with Gasteiger partial charge in [0, 0.05) is 45.4 Å². The third kappa shape index (κ3) is 4.76. The largest absolute Gasteiger partial charge is 0.490 e. The first-order valence-corrected chi connectivity index (χ1v) is 9.07. The topological polar surface area (TPSA) is 77.3 Å². The van der Waals surface area contributed by atoms with Crippen LogP contribution in [0.1, 0.15) is 20.8 Å². The van der Waals surface area contributed by atoms with Gasteiger partial charge in [-0.25, -0.2) is 0 Å². The Balaban J connectivity index is 2.29. The number of methoxy groups -OCH3 is 1. The van der Waals surface area contributed by atoms with Crippen LogP contribution in [0.2, 0.25) is 0 Å². The number of hydrogen-bond donors (Lipinski definition) is 0. The van der Waals surface area contributed by atoms with Crippen molar-refractivity contribution < 1.29 is 19.1 Å². The molecule has 0 amide bonds. The van der Waals surface area contributed by atoms with Gasteiger partial charge in [0.25, 0.3) is 5.69 Å². The van der Waals surface area contributed by atoms with Crippen LogP contribution < -0.4 is 14.4 Å². The average molecular weight is 367 g/mol. The molecule has 1 saturated heterocycles. The molecule has 0 spiro atoms. The molecule has 1 aliphatic heterocycles. The molecule has 1 atom stereocenters. The predicted octanol–water partition coefficient (Wildman–Crippen LogP) is 2.55. The van der Waals surface area contributed by atoms with Crippen LogP contribution in [0.15, 0.2) is 12.1 Å². The Morgan fingerprint density at radius 3 is 2.38 bits per heavy atom. The van der Waals surface area contributed by atoms with Crippen LogP contribution in [-0.4, -0.2) is 69.0 Å². The van der Waals surface area contributed by atoms with Gasteiger partial charge in [-0.1, -0.05) is 0 Å². The molecule has 0 N–H and O–H groups in total. The number of nitro benzene ring substituents is 1. The summed E-state index contributed by atoms with van der Waals surface area (Å²) >= 11 is 0. The summed E-state index contributed by atoms with van der Waals surface area (Å²) in [6, 6.07) is 3.50. The van der Waals surface area contributed by atoms with E-state index in [-0.39, 0.29) is 16.7 Å². The highest BCUT2D eigenvalue weighted by molar-refractivity contribution is 5.70. The van der Waals surface area contributed by atoms with E-state index >= 15 is 0 Å². The van der Waals surface area contributed by atoms with Gasteiger partial charge in [-0.15, -0.1) is 0 Å². The van der Waals surface area contributed by atoms with Gasteiger partial charge >= 0.3 is 0 Å². The Labute approximate surface area is 154 Å². The van der Waals surface area contributed by atoms with E-state index in [1.165, 1.54) is 6.07 Å². The molecule has 8 heteroatoms. The summed E-state index contributed by atoms with van der Waals surface area (Å²) in [6.45, 7) is 10.6. The van der Waals surface area contributed by atoms with Crippen molar-refractivity contribution in [1.29, 1.82) is 0 Å². The van der Waals surface area contributed by atoms with Crippen LogP contribution in [0.25, 0.3) is 0 Å². The van der Waals surface area contributed by atoms with Crippen molar-refractivity contribution in [2.75, 3.05) is 58.0 Å². The second kappa shape index (κ2) is 9.59. The van der Waals surface area contributed by atoms with Crippen molar-refractivity contribution in [1.82, 2.24) is 4.90 Å². The smallest absolute Gasteiger partial charge is 0.296 e. The molecular formula is C18H29N3O5. The summed E-state index contributed by atoms with van der Waals surface area (Å²) in [4.78, 5) is 15.7. The van der Waals surface area contributed by atoms with Crippen LogP contribution in [0.3, 0.4) is 0 Å². The van der Waals surface area contributed by atoms with E-state index in [9.17, 15) is 10.1 Å². The van der Waals surface area contributed by atoms with Gasteiger partial charge in [-0.2, -0.15) is 0 Å². The van der Waals surface area contributed by atoms with Crippen molar-refractivity contribution >= 4 is 11.4 Å². The van der Waals surface area contributed by atoms with Gasteiger partial charge in [0.15, 0.2) is 11.5 Å². The summed E-state index contributed by atoms with van der Waals surface area (Å²) in [5.74, 6) is 0.959. The van der Waals surface area contributed by atoms with Crippen LogP contribution in [0.5, 0.6) is 11.5 Å². The van der Waals surface area contributed by atoms with Gasteiger partial charge in [0.1, 0.15) is 5.69 Å². The summed E-state index contributed by atoms with van der Waals surface area (Å²) in [7, 11) is 1.69. The molecule has 1 aromatic carbocycles. The lowest BCUT2D eigenvalue weighted by atomic mass is 10.1. The third-order valence-electron chi connectivity index (χ3n) is 4.53. The molecule has 0 aliphatic carbocycles. The quantitative estimate of drug-likeness (QED) is 0.490. The molecule has 0 radical (unpaired) electrons. The second-order valence-electron chi connectivity index (χ2n) is 6.23. The molecule has 1 fully saturated rings. The average Bonchev–Trinajstić information content (AvgIpc) is 2.62.